The van der Waals surface area contributed by atoms with Crippen LogP contribution in [0, 0.1) is 5.82 Å². The maximum atomic E-state index is 13.1. The molecule has 1 aromatic heterocycles. The van der Waals surface area contributed by atoms with Crippen LogP contribution >= 0.6 is 11.8 Å². The average Bonchev–Trinajstić information content (AvgIpc) is 3.09. The van der Waals surface area contributed by atoms with Crippen molar-refractivity contribution in [3.8, 4) is 11.4 Å². The summed E-state index contributed by atoms with van der Waals surface area (Å²) in [6.45, 7) is 2.90. The minimum Gasteiger partial charge on any atom is -0.383 e. The Morgan fingerprint density at radius 1 is 1.15 bits per heavy atom. The number of benzene rings is 2. The molecule has 0 spiro atoms. The fourth-order valence-corrected chi connectivity index (χ4v) is 3.57. The molecule has 2 aromatic carbocycles. The zero-order chi connectivity index (χ0) is 19.2. The first-order valence-corrected chi connectivity index (χ1v) is 9.42. The van der Waals surface area contributed by atoms with Crippen LogP contribution in [0.2, 0.25) is 0 Å². The van der Waals surface area contributed by atoms with E-state index in [2.05, 4.69) is 10.2 Å². The summed E-state index contributed by atoms with van der Waals surface area (Å²) in [7, 11) is 1.64. The van der Waals surface area contributed by atoms with Gasteiger partial charge in [0.1, 0.15) is 5.82 Å². The van der Waals surface area contributed by atoms with E-state index in [1.165, 1.54) is 36.0 Å². The summed E-state index contributed by atoms with van der Waals surface area (Å²) in [6, 6.07) is 15.3. The lowest BCUT2D eigenvalue weighted by atomic mass is 10.1. The van der Waals surface area contributed by atoms with Crippen LogP contribution in [-0.2, 0) is 11.3 Å². The molecule has 0 saturated heterocycles. The third-order valence-electron chi connectivity index (χ3n) is 4.05. The lowest BCUT2D eigenvalue weighted by Crippen LogP contribution is -2.15. The van der Waals surface area contributed by atoms with Gasteiger partial charge >= 0.3 is 0 Å². The van der Waals surface area contributed by atoms with Crippen LogP contribution in [0.1, 0.15) is 17.3 Å². The first-order chi connectivity index (χ1) is 13.1. The third-order valence-corrected chi connectivity index (χ3v) is 5.13. The number of hydrogen-bond acceptors (Lipinski definition) is 5. The van der Waals surface area contributed by atoms with E-state index in [0.29, 0.717) is 23.9 Å². The zero-order valence-electron chi connectivity index (χ0n) is 15.1. The molecule has 5 nitrogen and oxygen atoms in total. The smallest absolute Gasteiger partial charge is 0.192 e. The molecular formula is C20H20FN3O2S. The summed E-state index contributed by atoms with van der Waals surface area (Å²) in [6.07, 6.45) is 0. The van der Waals surface area contributed by atoms with Gasteiger partial charge in [0, 0.05) is 18.2 Å². The molecule has 0 amide bonds. The van der Waals surface area contributed by atoms with Gasteiger partial charge in [-0.15, -0.1) is 10.2 Å². The molecule has 0 fully saturated rings. The monoisotopic (exact) mass is 385 g/mol. The lowest BCUT2D eigenvalue weighted by Gasteiger charge is -2.13. The second-order valence-electron chi connectivity index (χ2n) is 5.95. The molecule has 0 aliphatic heterocycles. The predicted octanol–water partition coefficient (Wildman–Crippen LogP) is 4.09. The second kappa shape index (κ2) is 8.92. The number of nitrogens with zero attached hydrogens (tertiary/aromatic N) is 3. The van der Waals surface area contributed by atoms with Crippen LogP contribution in [0.4, 0.5) is 4.39 Å². The van der Waals surface area contributed by atoms with Gasteiger partial charge in [0.15, 0.2) is 16.8 Å². The maximum Gasteiger partial charge on any atom is 0.192 e. The SMILES string of the molecule is COCCn1c(S[C@H](C)C(=O)c2ccc(F)cc2)nnc1-c1ccccc1. The van der Waals surface area contributed by atoms with Gasteiger partial charge < -0.3 is 4.74 Å². The number of ether oxygens (including phenoxy) is 1. The van der Waals surface area contributed by atoms with E-state index in [-0.39, 0.29) is 16.9 Å². The second-order valence-corrected chi connectivity index (χ2v) is 7.26. The van der Waals surface area contributed by atoms with Gasteiger partial charge in [0.25, 0.3) is 0 Å². The van der Waals surface area contributed by atoms with E-state index < -0.39 is 0 Å². The Hall–Kier alpha value is -2.51. The molecule has 0 saturated carbocycles. The normalized spacial score (nSPS) is 12.1. The van der Waals surface area contributed by atoms with Gasteiger partial charge in [0.05, 0.1) is 18.4 Å². The molecule has 7 heteroatoms. The van der Waals surface area contributed by atoms with Crippen molar-refractivity contribution in [1.29, 1.82) is 0 Å². The molecule has 1 heterocycles. The highest BCUT2D eigenvalue weighted by atomic mass is 32.2. The van der Waals surface area contributed by atoms with Crippen LogP contribution in [-0.4, -0.2) is 39.5 Å². The number of Topliss-reactive ketones (excluding diaryl/α,β-unsaturated/α-hetero) is 1. The quantitative estimate of drug-likeness (QED) is 0.432. The van der Waals surface area contributed by atoms with Crippen molar-refractivity contribution < 1.29 is 13.9 Å². The third kappa shape index (κ3) is 4.61. The maximum absolute atomic E-state index is 13.1. The molecule has 0 radical (unpaired) electrons. The van der Waals surface area contributed by atoms with Crippen LogP contribution in [0.25, 0.3) is 11.4 Å². The molecule has 3 aromatic rings. The van der Waals surface area contributed by atoms with Crippen LogP contribution in [0.15, 0.2) is 59.8 Å². The fraction of sp³-hybridized carbons (Fsp3) is 0.250. The van der Waals surface area contributed by atoms with E-state index in [1.807, 2.05) is 41.8 Å². The van der Waals surface area contributed by atoms with Gasteiger partial charge in [0.2, 0.25) is 0 Å². The summed E-state index contributed by atoms with van der Waals surface area (Å²) in [5.74, 6) is 0.290. The molecule has 0 aliphatic carbocycles. The van der Waals surface area contributed by atoms with Gasteiger partial charge in [-0.1, -0.05) is 42.1 Å². The highest BCUT2D eigenvalue weighted by Crippen LogP contribution is 2.28. The Morgan fingerprint density at radius 3 is 2.52 bits per heavy atom. The van der Waals surface area contributed by atoms with E-state index in [0.717, 1.165) is 11.4 Å². The van der Waals surface area contributed by atoms with E-state index in [1.54, 1.807) is 7.11 Å². The highest BCUT2D eigenvalue weighted by Gasteiger charge is 2.21. The number of methoxy groups -OCH3 is 1. The van der Waals surface area contributed by atoms with Crippen molar-refractivity contribution in [2.75, 3.05) is 13.7 Å². The van der Waals surface area contributed by atoms with E-state index >= 15 is 0 Å². The summed E-state index contributed by atoms with van der Waals surface area (Å²) >= 11 is 1.33. The largest absolute Gasteiger partial charge is 0.383 e. The number of rotatable bonds is 8. The molecular weight excluding hydrogens is 365 g/mol. The Bertz CT molecular complexity index is 897. The van der Waals surface area contributed by atoms with Crippen molar-refractivity contribution in [1.82, 2.24) is 14.8 Å². The van der Waals surface area contributed by atoms with Crippen molar-refractivity contribution in [2.24, 2.45) is 0 Å². The first kappa shape index (κ1) is 19.3. The fourth-order valence-electron chi connectivity index (χ4n) is 2.62. The number of ketones is 1. The van der Waals surface area contributed by atoms with Gasteiger partial charge in [-0.3, -0.25) is 9.36 Å². The Balaban J connectivity index is 1.84. The number of halogens is 1. The van der Waals surface area contributed by atoms with Crippen LogP contribution in [0.5, 0.6) is 0 Å². The summed E-state index contributed by atoms with van der Waals surface area (Å²) in [5, 5.41) is 8.86. The average molecular weight is 385 g/mol. The predicted molar refractivity (Wildman–Crippen MR) is 103 cm³/mol. The first-order valence-electron chi connectivity index (χ1n) is 8.54. The minimum absolute atomic E-state index is 0.0810. The topological polar surface area (TPSA) is 57.0 Å². The minimum atomic E-state index is -0.385. The number of carbonyl (C=O) groups is 1. The van der Waals surface area contributed by atoms with E-state index in [4.69, 9.17) is 4.74 Å². The van der Waals surface area contributed by atoms with Gasteiger partial charge in [-0.05, 0) is 31.2 Å². The number of hydrogen-bond donors (Lipinski definition) is 0. The molecule has 3 rings (SSSR count). The molecule has 1 atom stereocenters. The number of carbonyl (C=O) groups excluding carboxylic acids is 1. The Morgan fingerprint density at radius 2 is 1.85 bits per heavy atom. The molecule has 140 valence electrons. The van der Waals surface area contributed by atoms with Gasteiger partial charge in [-0.25, -0.2) is 4.39 Å². The van der Waals surface area contributed by atoms with Crippen molar-refractivity contribution in [2.45, 2.75) is 23.9 Å². The summed E-state index contributed by atoms with van der Waals surface area (Å²) < 4.78 is 20.2. The molecule has 0 unspecified atom stereocenters. The number of thioether (sulfide) groups is 1. The molecule has 0 N–H and O–H groups in total. The van der Waals surface area contributed by atoms with Crippen LogP contribution < -0.4 is 0 Å². The number of aromatic nitrogens is 3. The molecule has 0 bridgehead atoms. The van der Waals surface area contributed by atoms with Crippen molar-refractivity contribution >= 4 is 17.5 Å². The Labute approximate surface area is 161 Å². The standard InChI is InChI=1S/C20H20FN3O2S/c1-14(18(25)15-8-10-17(21)11-9-15)27-20-23-22-19(24(20)12-13-26-2)16-6-4-3-5-7-16/h3-11,14H,12-13H2,1-2H3/t14-/m1/s1. The highest BCUT2D eigenvalue weighted by molar-refractivity contribution is 8.00. The van der Waals surface area contributed by atoms with Crippen molar-refractivity contribution in [3.05, 3.63) is 66.0 Å². The molecule has 0 aliphatic rings. The van der Waals surface area contributed by atoms with Crippen LogP contribution in [0.3, 0.4) is 0 Å². The molecule has 27 heavy (non-hydrogen) atoms. The zero-order valence-corrected chi connectivity index (χ0v) is 15.9. The van der Waals surface area contributed by atoms with E-state index in [9.17, 15) is 9.18 Å². The Kier molecular flexibility index (Phi) is 6.36. The summed E-state index contributed by atoms with van der Waals surface area (Å²) in [5.41, 5.74) is 1.42. The summed E-state index contributed by atoms with van der Waals surface area (Å²) in [4.78, 5) is 12.6. The van der Waals surface area contributed by atoms with Gasteiger partial charge in [-0.2, -0.15) is 0 Å². The van der Waals surface area contributed by atoms with Crippen molar-refractivity contribution in [3.63, 3.8) is 0 Å². The lowest BCUT2D eigenvalue weighted by molar-refractivity contribution is 0.0994.